The summed E-state index contributed by atoms with van der Waals surface area (Å²) in [6.07, 6.45) is 0. The molecule has 2 rings (SSSR count). The van der Waals surface area contributed by atoms with E-state index in [9.17, 15) is 4.79 Å². The van der Waals surface area contributed by atoms with E-state index >= 15 is 0 Å². The van der Waals surface area contributed by atoms with Gasteiger partial charge in [-0.25, -0.2) is 4.79 Å². The van der Waals surface area contributed by atoms with Crippen LogP contribution in [0.5, 0.6) is 5.75 Å². The number of nitrogen functional groups attached to an aromatic ring is 1. The van der Waals surface area contributed by atoms with Crippen molar-refractivity contribution < 1.29 is 14.3 Å². The third-order valence-corrected chi connectivity index (χ3v) is 3.11. The largest absolute Gasteiger partial charge is 0.495 e. The quantitative estimate of drug-likeness (QED) is 0.834. The highest BCUT2D eigenvalue weighted by Gasteiger charge is 2.18. The Kier molecular flexibility index (Phi) is 2.97. The highest BCUT2D eigenvalue weighted by atomic mass is 79.9. The van der Waals surface area contributed by atoms with Gasteiger partial charge in [0.25, 0.3) is 0 Å². The van der Waals surface area contributed by atoms with Crippen LogP contribution in [-0.4, -0.2) is 25.2 Å². The summed E-state index contributed by atoms with van der Waals surface area (Å²) in [5, 5.41) is 0.696. The molecule has 5 nitrogen and oxygen atoms in total. The third-order valence-electron chi connectivity index (χ3n) is 2.49. The first-order valence-corrected chi connectivity index (χ1v) is 5.60. The molecule has 2 aromatic rings. The van der Waals surface area contributed by atoms with Crippen molar-refractivity contribution in [2.24, 2.45) is 0 Å². The van der Waals surface area contributed by atoms with Crippen LogP contribution >= 0.6 is 15.9 Å². The molecule has 0 bridgehead atoms. The average molecular weight is 299 g/mol. The zero-order chi connectivity index (χ0) is 12.6. The highest BCUT2D eigenvalue weighted by Crippen LogP contribution is 2.34. The summed E-state index contributed by atoms with van der Waals surface area (Å²) in [6, 6.07) is 3.54. The number of hydrogen-bond acceptors (Lipinski definition) is 4. The van der Waals surface area contributed by atoms with Crippen LogP contribution in [0.25, 0.3) is 10.9 Å². The number of methoxy groups -OCH3 is 2. The standard InChI is InChI=1S/C11H11BrN2O3/c1-16-8-4-7-5(3-6(8)12)9(10(13)14-7)11(15)17-2/h3-4,14H,13H2,1-2H3. The van der Waals surface area contributed by atoms with Gasteiger partial charge in [0, 0.05) is 11.5 Å². The van der Waals surface area contributed by atoms with E-state index in [-0.39, 0.29) is 5.82 Å². The second-order valence-corrected chi connectivity index (χ2v) is 4.29. The molecule has 1 heterocycles. The van der Waals surface area contributed by atoms with Gasteiger partial charge in [-0.3, -0.25) is 0 Å². The van der Waals surface area contributed by atoms with E-state index in [1.807, 2.05) is 0 Å². The number of fused-ring (bicyclic) bond motifs is 1. The molecule has 0 unspecified atom stereocenters. The summed E-state index contributed by atoms with van der Waals surface area (Å²) in [5.41, 5.74) is 6.82. The number of esters is 1. The monoisotopic (exact) mass is 298 g/mol. The predicted octanol–water partition coefficient (Wildman–Crippen LogP) is 2.31. The van der Waals surface area contributed by atoms with Crippen LogP contribution in [0.2, 0.25) is 0 Å². The van der Waals surface area contributed by atoms with Crippen LogP contribution in [0.15, 0.2) is 16.6 Å². The number of carbonyl (C=O) groups is 1. The second kappa shape index (κ2) is 4.29. The maximum atomic E-state index is 11.6. The number of anilines is 1. The summed E-state index contributed by atoms with van der Waals surface area (Å²) in [4.78, 5) is 14.5. The molecule has 0 spiro atoms. The van der Waals surface area contributed by atoms with Crippen LogP contribution in [0, 0.1) is 0 Å². The van der Waals surface area contributed by atoms with Gasteiger partial charge in [-0.15, -0.1) is 0 Å². The Hall–Kier alpha value is -1.69. The number of H-pyrrole nitrogens is 1. The van der Waals surface area contributed by atoms with Gasteiger partial charge in [-0.05, 0) is 22.0 Å². The Morgan fingerprint density at radius 2 is 2.12 bits per heavy atom. The Balaban J connectivity index is 2.74. The maximum absolute atomic E-state index is 11.6. The topological polar surface area (TPSA) is 77.3 Å². The smallest absolute Gasteiger partial charge is 0.342 e. The number of ether oxygens (including phenoxy) is 2. The molecule has 17 heavy (non-hydrogen) atoms. The fourth-order valence-corrected chi connectivity index (χ4v) is 2.20. The molecule has 0 aliphatic rings. The Morgan fingerprint density at radius 1 is 1.41 bits per heavy atom. The molecular weight excluding hydrogens is 288 g/mol. The van der Waals surface area contributed by atoms with E-state index in [0.29, 0.717) is 16.7 Å². The van der Waals surface area contributed by atoms with Crippen molar-refractivity contribution in [1.29, 1.82) is 0 Å². The molecule has 1 aromatic heterocycles. The van der Waals surface area contributed by atoms with E-state index in [1.165, 1.54) is 7.11 Å². The van der Waals surface area contributed by atoms with Crippen molar-refractivity contribution in [3.63, 3.8) is 0 Å². The molecule has 0 saturated carbocycles. The van der Waals surface area contributed by atoms with Gasteiger partial charge in [0.15, 0.2) is 0 Å². The van der Waals surface area contributed by atoms with Crippen molar-refractivity contribution >= 4 is 38.6 Å². The van der Waals surface area contributed by atoms with Gasteiger partial charge in [-0.2, -0.15) is 0 Å². The number of rotatable bonds is 2. The maximum Gasteiger partial charge on any atom is 0.342 e. The summed E-state index contributed by atoms with van der Waals surface area (Å²) >= 11 is 3.36. The van der Waals surface area contributed by atoms with E-state index in [0.717, 1.165) is 9.99 Å². The fraction of sp³-hybridized carbons (Fsp3) is 0.182. The molecule has 6 heteroatoms. The number of benzene rings is 1. The first-order chi connectivity index (χ1) is 8.08. The van der Waals surface area contributed by atoms with Crippen molar-refractivity contribution in [2.75, 3.05) is 20.0 Å². The lowest BCUT2D eigenvalue weighted by Crippen LogP contribution is -2.03. The zero-order valence-electron chi connectivity index (χ0n) is 9.33. The molecule has 0 aliphatic carbocycles. The molecule has 0 fully saturated rings. The second-order valence-electron chi connectivity index (χ2n) is 3.44. The number of halogens is 1. The summed E-state index contributed by atoms with van der Waals surface area (Å²) in [5.74, 6) is 0.480. The molecule has 1 aromatic carbocycles. The van der Waals surface area contributed by atoms with E-state index < -0.39 is 5.97 Å². The number of aromatic amines is 1. The van der Waals surface area contributed by atoms with Gasteiger partial charge in [0.2, 0.25) is 0 Å². The molecule has 0 aliphatic heterocycles. The lowest BCUT2D eigenvalue weighted by atomic mass is 10.1. The fourth-order valence-electron chi connectivity index (χ4n) is 1.69. The van der Waals surface area contributed by atoms with Gasteiger partial charge in [0.05, 0.1) is 24.2 Å². The molecule has 0 saturated heterocycles. The summed E-state index contributed by atoms with van der Waals surface area (Å²) in [6.45, 7) is 0. The number of hydrogen-bond donors (Lipinski definition) is 2. The van der Waals surface area contributed by atoms with E-state index in [1.54, 1.807) is 19.2 Å². The van der Waals surface area contributed by atoms with Gasteiger partial charge < -0.3 is 20.2 Å². The van der Waals surface area contributed by atoms with Crippen LogP contribution in [0.4, 0.5) is 5.82 Å². The highest BCUT2D eigenvalue weighted by molar-refractivity contribution is 9.10. The predicted molar refractivity (Wildman–Crippen MR) is 68.3 cm³/mol. The zero-order valence-corrected chi connectivity index (χ0v) is 10.9. The van der Waals surface area contributed by atoms with E-state index in [2.05, 4.69) is 20.9 Å². The molecule has 0 radical (unpaired) electrons. The molecule has 0 amide bonds. The number of carbonyl (C=O) groups excluding carboxylic acids is 1. The lowest BCUT2D eigenvalue weighted by molar-refractivity contribution is 0.0604. The SMILES string of the molecule is COC(=O)c1c(N)[nH]c2cc(OC)c(Br)cc12. The third kappa shape index (κ3) is 1.84. The average Bonchev–Trinajstić information content (AvgIpc) is 2.62. The van der Waals surface area contributed by atoms with Crippen molar-refractivity contribution in [3.05, 3.63) is 22.2 Å². The first kappa shape index (κ1) is 11.8. The van der Waals surface area contributed by atoms with Crippen LogP contribution in [0.1, 0.15) is 10.4 Å². The Labute approximate surface area is 106 Å². The lowest BCUT2D eigenvalue weighted by Gasteiger charge is -2.03. The van der Waals surface area contributed by atoms with Crippen molar-refractivity contribution in [3.8, 4) is 5.75 Å². The van der Waals surface area contributed by atoms with Crippen LogP contribution in [0.3, 0.4) is 0 Å². The van der Waals surface area contributed by atoms with Crippen LogP contribution in [-0.2, 0) is 4.74 Å². The van der Waals surface area contributed by atoms with Gasteiger partial charge in [-0.1, -0.05) is 0 Å². The summed E-state index contributed by atoms with van der Waals surface area (Å²) < 4.78 is 10.6. The first-order valence-electron chi connectivity index (χ1n) is 4.81. The minimum atomic E-state index is -0.467. The number of nitrogens with one attached hydrogen (secondary N) is 1. The molecule has 3 N–H and O–H groups in total. The Morgan fingerprint density at radius 3 is 2.71 bits per heavy atom. The Bertz CT molecular complexity index is 592. The van der Waals surface area contributed by atoms with Gasteiger partial charge in [0.1, 0.15) is 17.1 Å². The van der Waals surface area contributed by atoms with Crippen LogP contribution < -0.4 is 10.5 Å². The van der Waals surface area contributed by atoms with Crippen molar-refractivity contribution in [2.45, 2.75) is 0 Å². The molecule has 0 atom stereocenters. The molecule has 90 valence electrons. The van der Waals surface area contributed by atoms with Crippen molar-refractivity contribution in [1.82, 2.24) is 4.98 Å². The molecular formula is C11H11BrN2O3. The van der Waals surface area contributed by atoms with E-state index in [4.69, 9.17) is 15.2 Å². The minimum absolute atomic E-state index is 0.284. The minimum Gasteiger partial charge on any atom is -0.495 e. The van der Waals surface area contributed by atoms with Gasteiger partial charge >= 0.3 is 5.97 Å². The normalized spacial score (nSPS) is 10.5. The number of aromatic nitrogens is 1. The number of nitrogens with two attached hydrogens (primary N) is 1. The summed E-state index contributed by atoms with van der Waals surface area (Å²) in [7, 11) is 2.89.